The Hall–Kier alpha value is -2.94. The van der Waals surface area contributed by atoms with Gasteiger partial charge in [-0.05, 0) is 144 Å². The maximum absolute atomic E-state index is 13.8. The highest BCUT2D eigenvalue weighted by Crippen LogP contribution is 2.64. The van der Waals surface area contributed by atoms with E-state index < -0.39 is 6.10 Å². The SMILES string of the molecule is CC(C)n1cc(-c2ccnc(NC(=O)C3CCC(OC(=O)N4CC(O)C4)CC3)c2CC23CCC(C4CCC(C)(C)CC4)(CC2)CC3)cn1. The van der Waals surface area contributed by atoms with Crippen LogP contribution in [-0.4, -0.2) is 62.1 Å². The van der Waals surface area contributed by atoms with Crippen LogP contribution in [0.2, 0.25) is 0 Å². The van der Waals surface area contributed by atoms with E-state index in [0.717, 1.165) is 29.0 Å². The van der Waals surface area contributed by atoms with Crippen LogP contribution in [0.4, 0.5) is 10.6 Å². The molecule has 0 unspecified atom stereocenters. The molecule has 6 fully saturated rings. The predicted octanol–water partition coefficient (Wildman–Crippen LogP) is 7.94. The van der Waals surface area contributed by atoms with E-state index in [0.29, 0.717) is 55.4 Å². The van der Waals surface area contributed by atoms with Crippen molar-refractivity contribution >= 4 is 17.8 Å². The molecule has 0 aromatic carbocycles. The van der Waals surface area contributed by atoms with Crippen LogP contribution in [-0.2, 0) is 16.0 Å². The summed E-state index contributed by atoms with van der Waals surface area (Å²) in [6.07, 6.45) is 21.9. The van der Waals surface area contributed by atoms with E-state index >= 15 is 0 Å². The summed E-state index contributed by atoms with van der Waals surface area (Å²) in [4.78, 5) is 32.5. The number of ether oxygens (including phenoxy) is 1. The summed E-state index contributed by atoms with van der Waals surface area (Å²) in [5.74, 6) is 1.46. The quantitative estimate of drug-likeness (QED) is 0.298. The molecule has 2 amide bonds. The van der Waals surface area contributed by atoms with Gasteiger partial charge in [0.1, 0.15) is 11.9 Å². The van der Waals surface area contributed by atoms with E-state index in [-0.39, 0.29) is 35.5 Å². The van der Waals surface area contributed by atoms with Crippen LogP contribution < -0.4 is 5.32 Å². The molecule has 2 N–H and O–H groups in total. The van der Waals surface area contributed by atoms with Gasteiger partial charge in [-0.3, -0.25) is 9.48 Å². The Morgan fingerprint density at radius 2 is 1.65 bits per heavy atom. The van der Waals surface area contributed by atoms with Crippen LogP contribution >= 0.6 is 0 Å². The smallest absolute Gasteiger partial charge is 0.410 e. The number of fused-ring (bicyclic) bond motifs is 3. The molecule has 5 saturated carbocycles. The summed E-state index contributed by atoms with van der Waals surface area (Å²) >= 11 is 0. The van der Waals surface area contributed by atoms with Gasteiger partial charge < -0.3 is 20.1 Å². The second-order valence-corrected chi connectivity index (χ2v) is 17.4. The molecule has 262 valence electrons. The van der Waals surface area contributed by atoms with Crippen molar-refractivity contribution in [1.29, 1.82) is 0 Å². The molecule has 5 aliphatic carbocycles. The molecule has 3 heterocycles. The first-order valence-electron chi connectivity index (χ1n) is 18.9. The molecule has 0 spiro atoms. The number of rotatable bonds is 8. The first-order chi connectivity index (χ1) is 22.9. The Balaban J connectivity index is 1.06. The molecule has 2 aromatic rings. The third-order valence-corrected chi connectivity index (χ3v) is 13.4. The molecule has 1 aliphatic heterocycles. The molecule has 48 heavy (non-hydrogen) atoms. The van der Waals surface area contributed by atoms with E-state index in [1.54, 1.807) is 0 Å². The lowest BCUT2D eigenvalue weighted by molar-refractivity contribution is -0.121. The highest BCUT2D eigenvalue weighted by molar-refractivity contribution is 5.93. The van der Waals surface area contributed by atoms with E-state index in [4.69, 9.17) is 9.72 Å². The summed E-state index contributed by atoms with van der Waals surface area (Å²) in [7, 11) is 0. The zero-order valence-electron chi connectivity index (χ0n) is 29.7. The fourth-order valence-electron chi connectivity index (χ4n) is 9.85. The molecule has 8 rings (SSSR count). The number of carbonyl (C=O) groups is 2. The molecular formula is C39H57N5O4. The van der Waals surface area contributed by atoms with Crippen LogP contribution in [0.15, 0.2) is 24.7 Å². The van der Waals surface area contributed by atoms with E-state index in [9.17, 15) is 14.7 Å². The van der Waals surface area contributed by atoms with Gasteiger partial charge >= 0.3 is 6.09 Å². The Kier molecular flexibility index (Phi) is 9.14. The molecule has 9 heteroatoms. The number of carbonyl (C=O) groups excluding carboxylic acids is 2. The number of nitrogens with zero attached hydrogens (tertiary/aromatic N) is 4. The number of nitrogens with one attached hydrogen (secondary N) is 1. The lowest BCUT2D eigenvalue weighted by Gasteiger charge is -2.58. The molecule has 0 radical (unpaired) electrons. The second kappa shape index (κ2) is 13.1. The fraction of sp³-hybridized carbons (Fsp3) is 0.744. The summed E-state index contributed by atoms with van der Waals surface area (Å²) in [6, 6.07) is 2.38. The number of aliphatic hydroxyl groups excluding tert-OH is 1. The van der Waals surface area contributed by atoms with Gasteiger partial charge in [-0.2, -0.15) is 5.10 Å². The summed E-state index contributed by atoms with van der Waals surface area (Å²) in [6.45, 7) is 9.86. The number of aliphatic hydroxyl groups is 1. The monoisotopic (exact) mass is 659 g/mol. The topological polar surface area (TPSA) is 110 Å². The number of β-amino-alcohol motifs (C(OH)–C–C–N with tert-alkyl or cyclic N) is 1. The Morgan fingerprint density at radius 3 is 2.25 bits per heavy atom. The van der Waals surface area contributed by atoms with Crippen molar-refractivity contribution < 1.29 is 19.4 Å². The number of hydrogen-bond donors (Lipinski definition) is 2. The van der Waals surface area contributed by atoms with Crippen molar-refractivity contribution in [2.75, 3.05) is 18.4 Å². The van der Waals surface area contributed by atoms with Crippen molar-refractivity contribution in [3.05, 3.63) is 30.2 Å². The number of anilines is 1. The van der Waals surface area contributed by atoms with Crippen LogP contribution in [0.5, 0.6) is 0 Å². The van der Waals surface area contributed by atoms with E-state index in [1.165, 1.54) is 69.1 Å². The summed E-state index contributed by atoms with van der Waals surface area (Å²) in [5.41, 5.74) is 4.65. The molecular weight excluding hydrogens is 602 g/mol. The molecule has 1 saturated heterocycles. The Labute approximate surface area is 286 Å². The average molecular weight is 660 g/mol. The standard InChI is InChI=1S/C39H57N5O4/c1-26(2)44-23-28(22-41-44)32-11-20-40-34(42-35(46)27-5-7-31(8-6-27)48-36(47)43-24-30(45)25-43)33(32)21-38-14-17-39(18-15-38,19-16-38)29-9-12-37(3,4)13-10-29/h11,20,22-23,26-27,29-31,45H,5-10,12-19,21,24-25H2,1-4H3,(H,40,42,46). The van der Waals surface area contributed by atoms with Gasteiger partial charge in [-0.15, -0.1) is 0 Å². The fourth-order valence-corrected chi connectivity index (χ4v) is 9.85. The molecule has 9 nitrogen and oxygen atoms in total. The highest BCUT2D eigenvalue weighted by atomic mass is 16.6. The Bertz CT molecular complexity index is 1450. The van der Waals surface area contributed by atoms with Crippen molar-refractivity contribution in [2.24, 2.45) is 28.1 Å². The first-order valence-corrected chi connectivity index (χ1v) is 18.9. The van der Waals surface area contributed by atoms with Crippen LogP contribution in [0.25, 0.3) is 11.1 Å². The minimum Gasteiger partial charge on any atom is -0.446 e. The van der Waals surface area contributed by atoms with Gasteiger partial charge in [0.2, 0.25) is 5.91 Å². The van der Waals surface area contributed by atoms with Crippen LogP contribution in [0, 0.1) is 28.1 Å². The summed E-state index contributed by atoms with van der Waals surface area (Å²) in [5, 5.41) is 17.5. The van der Waals surface area contributed by atoms with Gasteiger partial charge in [0, 0.05) is 35.5 Å². The molecule has 2 bridgehead atoms. The maximum Gasteiger partial charge on any atom is 0.410 e. The lowest BCUT2D eigenvalue weighted by Crippen LogP contribution is -2.54. The number of likely N-dealkylation sites (tertiary alicyclic amines) is 1. The average Bonchev–Trinajstić information content (AvgIpc) is 3.56. The van der Waals surface area contributed by atoms with Gasteiger partial charge in [-0.1, -0.05) is 13.8 Å². The summed E-state index contributed by atoms with van der Waals surface area (Å²) < 4.78 is 7.69. The normalized spacial score (nSPS) is 30.7. The number of amides is 2. The number of pyridine rings is 1. The predicted molar refractivity (Wildman–Crippen MR) is 186 cm³/mol. The number of hydrogen-bond acceptors (Lipinski definition) is 6. The maximum atomic E-state index is 13.8. The second-order valence-electron chi connectivity index (χ2n) is 17.4. The minimum atomic E-state index is -0.445. The highest BCUT2D eigenvalue weighted by Gasteiger charge is 2.52. The molecule has 6 aliphatic rings. The van der Waals surface area contributed by atoms with Gasteiger partial charge in [-0.25, -0.2) is 9.78 Å². The third-order valence-electron chi connectivity index (χ3n) is 13.4. The van der Waals surface area contributed by atoms with Gasteiger partial charge in [0.25, 0.3) is 0 Å². The molecule has 0 atom stereocenters. The van der Waals surface area contributed by atoms with Gasteiger partial charge in [0.05, 0.1) is 25.4 Å². The Morgan fingerprint density at radius 1 is 0.979 bits per heavy atom. The zero-order chi connectivity index (χ0) is 33.7. The van der Waals surface area contributed by atoms with Crippen LogP contribution in [0.3, 0.4) is 0 Å². The van der Waals surface area contributed by atoms with Crippen molar-refractivity contribution in [1.82, 2.24) is 19.7 Å². The lowest BCUT2D eigenvalue weighted by atomic mass is 9.47. The number of aromatic nitrogens is 3. The van der Waals surface area contributed by atoms with Crippen molar-refractivity contribution in [3.63, 3.8) is 0 Å². The van der Waals surface area contributed by atoms with Crippen LogP contribution in [0.1, 0.15) is 129 Å². The first kappa shape index (κ1) is 33.6. The zero-order valence-corrected chi connectivity index (χ0v) is 29.7. The van der Waals surface area contributed by atoms with E-state index in [1.807, 2.05) is 17.1 Å². The van der Waals surface area contributed by atoms with Crippen molar-refractivity contribution in [3.8, 4) is 11.1 Å². The largest absolute Gasteiger partial charge is 0.446 e. The third kappa shape index (κ3) is 6.77. The minimum absolute atomic E-state index is 0.0124. The van der Waals surface area contributed by atoms with Gasteiger partial charge in [0.15, 0.2) is 0 Å². The van der Waals surface area contributed by atoms with E-state index in [2.05, 4.69) is 50.4 Å². The van der Waals surface area contributed by atoms with Crippen molar-refractivity contribution in [2.45, 2.75) is 142 Å². The molecule has 2 aromatic heterocycles.